The van der Waals surface area contributed by atoms with Crippen LogP contribution in [0.4, 0.5) is 22.9 Å². The van der Waals surface area contributed by atoms with Crippen LogP contribution < -0.4 is 5.32 Å². The van der Waals surface area contributed by atoms with Gasteiger partial charge in [0, 0.05) is 11.8 Å². The summed E-state index contributed by atoms with van der Waals surface area (Å²) in [6, 6.07) is 10.1. The normalized spacial score (nSPS) is 9.47. The molecule has 0 aliphatic carbocycles. The number of isothiocyanates is 1. The van der Waals surface area contributed by atoms with Gasteiger partial charge < -0.3 is 5.32 Å². The van der Waals surface area contributed by atoms with Gasteiger partial charge in [0.05, 0.1) is 15.8 Å². The molecule has 0 amide bonds. The lowest BCUT2D eigenvalue weighted by Crippen LogP contribution is -1.94. The minimum absolute atomic E-state index is 0.0452. The quantitative estimate of drug-likeness (QED) is 0.399. The lowest BCUT2D eigenvalue weighted by Gasteiger charge is -2.04. The second-order valence-corrected chi connectivity index (χ2v) is 3.72. The van der Waals surface area contributed by atoms with Gasteiger partial charge in [-0.3, -0.25) is 10.1 Å². The van der Waals surface area contributed by atoms with Crippen molar-refractivity contribution in [3.63, 3.8) is 0 Å². The molecule has 1 aromatic heterocycles. The molecule has 0 radical (unpaired) electrons. The molecule has 1 heterocycles. The first-order valence-corrected chi connectivity index (χ1v) is 5.65. The van der Waals surface area contributed by atoms with Gasteiger partial charge in [-0.05, 0) is 42.5 Å². The van der Waals surface area contributed by atoms with Gasteiger partial charge in [-0.25, -0.2) is 4.98 Å². The molecular formula is C12H8N4O2S. The highest BCUT2D eigenvalue weighted by atomic mass is 32.1. The number of anilines is 2. The number of pyridine rings is 1. The molecule has 0 aliphatic heterocycles. The van der Waals surface area contributed by atoms with Crippen LogP contribution in [-0.4, -0.2) is 15.1 Å². The molecule has 94 valence electrons. The zero-order valence-corrected chi connectivity index (χ0v) is 10.4. The Bertz CT molecular complexity index is 590. The molecule has 0 fully saturated rings. The summed E-state index contributed by atoms with van der Waals surface area (Å²) in [5.41, 5.74) is 1.46. The average Bonchev–Trinajstić information content (AvgIpc) is 2.42. The fourth-order valence-corrected chi connectivity index (χ4v) is 1.49. The largest absolute Gasteiger partial charge is 0.340 e. The highest BCUT2D eigenvalue weighted by molar-refractivity contribution is 7.78. The van der Waals surface area contributed by atoms with Gasteiger partial charge >= 0.3 is 0 Å². The van der Waals surface area contributed by atoms with Crippen LogP contribution >= 0.6 is 12.2 Å². The first-order chi connectivity index (χ1) is 9.19. The van der Waals surface area contributed by atoms with Crippen molar-refractivity contribution >= 4 is 40.3 Å². The Hall–Kier alpha value is -2.63. The van der Waals surface area contributed by atoms with Gasteiger partial charge in [0.15, 0.2) is 0 Å². The van der Waals surface area contributed by atoms with E-state index in [2.05, 4.69) is 32.7 Å². The first-order valence-electron chi connectivity index (χ1n) is 5.24. The summed E-state index contributed by atoms with van der Waals surface area (Å²) in [6.45, 7) is 0. The molecule has 0 bridgehead atoms. The number of hydrogen-bond donors (Lipinski definition) is 1. The smallest absolute Gasteiger partial charge is 0.287 e. The van der Waals surface area contributed by atoms with E-state index in [1.165, 1.54) is 12.3 Å². The van der Waals surface area contributed by atoms with Crippen LogP contribution in [0.5, 0.6) is 0 Å². The summed E-state index contributed by atoms with van der Waals surface area (Å²) in [5, 5.41) is 15.8. The third-order valence-corrected chi connectivity index (χ3v) is 2.36. The second kappa shape index (κ2) is 5.81. The van der Waals surface area contributed by atoms with Crippen LogP contribution in [0, 0.1) is 10.1 Å². The van der Waals surface area contributed by atoms with Crippen molar-refractivity contribution in [2.75, 3.05) is 5.32 Å². The van der Waals surface area contributed by atoms with Gasteiger partial charge in [0.25, 0.3) is 5.69 Å². The summed E-state index contributed by atoms with van der Waals surface area (Å²) < 4.78 is 0. The zero-order chi connectivity index (χ0) is 13.7. The molecular weight excluding hydrogens is 264 g/mol. The van der Waals surface area contributed by atoms with E-state index >= 15 is 0 Å². The van der Waals surface area contributed by atoms with Crippen LogP contribution in [0.15, 0.2) is 47.6 Å². The molecule has 0 unspecified atom stereocenters. The third kappa shape index (κ3) is 3.41. The van der Waals surface area contributed by atoms with E-state index in [1.54, 1.807) is 30.3 Å². The molecule has 0 saturated heterocycles. The molecule has 0 saturated carbocycles. The van der Waals surface area contributed by atoms with Crippen molar-refractivity contribution in [1.82, 2.24) is 4.98 Å². The first kappa shape index (κ1) is 12.8. The Balaban J connectivity index is 2.12. The zero-order valence-electron chi connectivity index (χ0n) is 9.61. The summed E-state index contributed by atoms with van der Waals surface area (Å²) in [5.74, 6) is 0.525. The van der Waals surface area contributed by atoms with Crippen LogP contribution in [0.1, 0.15) is 0 Å². The van der Waals surface area contributed by atoms with Crippen molar-refractivity contribution < 1.29 is 4.92 Å². The number of rotatable bonds is 4. The molecule has 0 spiro atoms. The Morgan fingerprint density at radius 3 is 2.53 bits per heavy atom. The number of hydrogen-bond acceptors (Lipinski definition) is 6. The number of nitro groups is 1. The van der Waals surface area contributed by atoms with Crippen LogP contribution in [0.3, 0.4) is 0 Å². The third-order valence-electron chi connectivity index (χ3n) is 2.27. The Morgan fingerprint density at radius 2 is 2.00 bits per heavy atom. The molecule has 0 aliphatic rings. The lowest BCUT2D eigenvalue weighted by molar-refractivity contribution is -0.385. The van der Waals surface area contributed by atoms with E-state index in [4.69, 9.17) is 0 Å². The summed E-state index contributed by atoms with van der Waals surface area (Å²) in [6.07, 6.45) is 1.20. The molecule has 2 rings (SSSR count). The van der Waals surface area contributed by atoms with Crippen molar-refractivity contribution in [3.05, 3.63) is 52.7 Å². The van der Waals surface area contributed by atoms with Gasteiger partial charge in [0.1, 0.15) is 12.0 Å². The van der Waals surface area contributed by atoms with E-state index < -0.39 is 4.92 Å². The monoisotopic (exact) mass is 272 g/mol. The number of aromatic nitrogens is 1. The summed E-state index contributed by atoms with van der Waals surface area (Å²) >= 11 is 4.51. The van der Waals surface area contributed by atoms with Gasteiger partial charge in [0.2, 0.25) is 0 Å². The summed E-state index contributed by atoms with van der Waals surface area (Å²) in [7, 11) is 0. The van der Waals surface area contributed by atoms with Crippen molar-refractivity contribution in [2.45, 2.75) is 0 Å². The Labute approximate surface area is 114 Å². The minimum atomic E-state index is -0.491. The average molecular weight is 272 g/mol. The fraction of sp³-hybridized carbons (Fsp3) is 0. The molecule has 2 aromatic rings. The predicted octanol–water partition coefficient (Wildman–Crippen LogP) is 3.47. The Morgan fingerprint density at radius 1 is 1.26 bits per heavy atom. The number of thiocarbonyl (C=S) groups is 1. The van der Waals surface area contributed by atoms with Crippen molar-refractivity contribution in [1.29, 1.82) is 0 Å². The van der Waals surface area contributed by atoms with Gasteiger partial charge in [-0.1, -0.05) is 0 Å². The van der Waals surface area contributed by atoms with E-state index in [9.17, 15) is 10.1 Å². The number of nitrogens with zero attached hydrogens (tertiary/aromatic N) is 3. The van der Waals surface area contributed by atoms with Gasteiger partial charge in [-0.2, -0.15) is 4.99 Å². The number of aliphatic imine (C=N–C) groups is 1. The maximum absolute atomic E-state index is 10.5. The van der Waals surface area contributed by atoms with Crippen LogP contribution in [-0.2, 0) is 0 Å². The number of benzene rings is 1. The van der Waals surface area contributed by atoms with E-state index in [0.717, 1.165) is 5.69 Å². The highest BCUT2D eigenvalue weighted by Gasteiger charge is 2.05. The molecule has 7 heteroatoms. The second-order valence-electron chi connectivity index (χ2n) is 3.53. The minimum Gasteiger partial charge on any atom is -0.340 e. The SMILES string of the molecule is O=[N+]([O-])c1ccc(Nc2ccc(N=C=S)cc2)nc1. The van der Waals surface area contributed by atoms with Crippen molar-refractivity contribution in [3.8, 4) is 0 Å². The van der Waals surface area contributed by atoms with Crippen LogP contribution in [0.2, 0.25) is 0 Å². The topological polar surface area (TPSA) is 80.4 Å². The molecule has 6 nitrogen and oxygen atoms in total. The Kier molecular flexibility index (Phi) is 3.92. The highest BCUT2D eigenvalue weighted by Crippen LogP contribution is 2.20. The maximum Gasteiger partial charge on any atom is 0.287 e. The van der Waals surface area contributed by atoms with E-state index in [0.29, 0.717) is 11.5 Å². The standard InChI is InChI=1S/C12H8N4O2S/c17-16(18)11-5-6-12(13-7-11)15-10-3-1-9(2-4-10)14-8-19/h1-7H,(H,13,15). The van der Waals surface area contributed by atoms with E-state index in [-0.39, 0.29) is 5.69 Å². The molecule has 1 N–H and O–H groups in total. The molecule has 0 atom stereocenters. The van der Waals surface area contributed by atoms with Crippen LogP contribution in [0.25, 0.3) is 0 Å². The lowest BCUT2D eigenvalue weighted by atomic mass is 10.3. The predicted molar refractivity (Wildman–Crippen MR) is 75.3 cm³/mol. The van der Waals surface area contributed by atoms with Gasteiger partial charge in [-0.15, -0.1) is 0 Å². The number of nitrogens with one attached hydrogen (secondary N) is 1. The van der Waals surface area contributed by atoms with Crippen molar-refractivity contribution in [2.24, 2.45) is 4.99 Å². The molecule has 19 heavy (non-hydrogen) atoms. The maximum atomic E-state index is 10.5. The van der Waals surface area contributed by atoms with E-state index in [1.807, 2.05) is 0 Å². The molecule has 1 aromatic carbocycles. The summed E-state index contributed by atoms with van der Waals surface area (Å²) in [4.78, 5) is 17.8. The fourth-order valence-electron chi connectivity index (χ4n) is 1.39.